The van der Waals surface area contributed by atoms with E-state index < -0.39 is 31.5 Å². The molecule has 1 unspecified atom stereocenters. The van der Waals surface area contributed by atoms with E-state index in [2.05, 4.69) is 5.32 Å². The fourth-order valence-electron chi connectivity index (χ4n) is 1.41. The van der Waals surface area contributed by atoms with Gasteiger partial charge in [0.1, 0.15) is 5.82 Å². The van der Waals surface area contributed by atoms with Gasteiger partial charge in [0.25, 0.3) is 0 Å². The summed E-state index contributed by atoms with van der Waals surface area (Å²) in [6.45, 7) is 1.25. The van der Waals surface area contributed by atoms with Crippen LogP contribution in [0.2, 0.25) is 0 Å². The number of carbonyl (C=O) groups excluding carboxylic acids is 1. The highest BCUT2D eigenvalue weighted by Gasteiger charge is 2.23. The molecule has 0 spiro atoms. The Morgan fingerprint density at radius 3 is 2.35 bits per heavy atom. The minimum Gasteiger partial charge on any atom is -0.349 e. The highest BCUT2D eigenvalue weighted by molar-refractivity contribution is 7.51. The van der Waals surface area contributed by atoms with E-state index in [0.717, 1.165) is 0 Å². The third-order valence-corrected chi connectivity index (χ3v) is 2.91. The highest BCUT2D eigenvalue weighted by atomic mass is 31.2. The van der Waals surface area contributed by atoms with Crippen LogP contribution in [0.4, 0.5) is 4.39 Å². The summed E-state index contributed by atoms with van der Waals surface area (Å²) in [5.41, 5.74) is 0.449. The normalized spacial score (nSPS) is 13.2. The number of carbonyl (C=O) groups is 1. The lowest BCUT2D eigenvalue weighted by molar-refractivity contribution is -0.119. The maximum atomic E-state index is 12.7. The van der Waals surface area contributed by atoms with Crippen LogP contribution in [-0.2, 0) is 9.36 Å². The van der Waals surface area contributed by atoms with Gasteiger partial charge < -0.3 is 15.1 Å². The van der Waals surface area contributed by atoms with Gasteiger partial charge in [-0.15, -0.1) is 0 Å². The number of rotatable bonds is 4. The predicted molar refractivity (Wildman–Crippen MR) is 59.9 cm³/mol. The Kier molecular flexibility index (Phi) is 4.40. The van der Waals surface area contributed by atoms with Gasteiger partial charge >= 0.3 is 7.60 Å². The van der Waals surface area contributed by atoms with E-state index in [0.29, 0.717) is 5.56 Å². The van der Waals surface area contributed by atoms with Gasteiger partial charge in [0.2, 0.25) is 5.91 Å². The lowest BCUT2D eigenvalue weighted by atomic mass is 10.1. The lowest BCUT2D eigenvalue weighted by Gasteiger charge is -2.18. The molecule has 0 aliphatic rings. The van der Waals surface area contributed by atoms with Crippen LogP contribution in [0, 0.1) is 5.82 Å². The van der Waals surface area contributed by atoms with Crippen molar-refractivity contribution in [2.75, 3.05) is 6.16 Å². The van der Waals surface area contributed by atoms with Gasteiger partial charge in [0, 0.05) is 6.92 Å². The molecule has 0 fully saturated rings. The lowest BCUT2D eigenvalue weighted by Crippen LogP contribution is -2.28. The van der Waals surface area contributed by atoms with Crippen LogP contribution in [0.25, 0.3) is 0 Å². The Morgan fingerprint density at radius 2 is 1.94 bits per heavy atom. The molecule has 0 bridgehead atoms. The number of amides is 1. The third-order valence-electron chi connectivity index (χ3n) is 2.07. The highest BCUT2D eigenvalue weighted by Crippen LogP contribution is 2.39. The maximum absolute atomic E-state index is 12.7. The second-order valence-electron chi connectivity index (χ2n) is 3.65. The van der Waals surface area contributed by atoms with Crippen molar-refractivity contribution in [3.8, 4) is 0 Å². The summed E-state index contributed by atoms with van der Waals surface area (Å²) >= 11 is 0. The molecule has 0 aromatic heterocycles. The van der Waals surface area contributed by atoms with Gasteiger partial charge in [-0.3, -0.25) is 9.36 Å². The van der Waals surface area contributed by atoms with Crippen LogP contribution in [0.15, 0.2) is 24.3 Å². The summed E-state index contributed by atoms with van der Waals surface area (Å²) in [5, 5.41) is 2.42. The molecule has 0 aliphatic heterocycles. The zero-order chi connectivity index (χ0) is 13.1. The Balaban J connectivity index is 2.93. The fraction of sp³-hybridized carbons (Fsp3) is 0.300. The minimum atomic E-state index is -4.26. The molecule has 1 aromatic carbocycles. The smallest absolute Gasteiger partial charge is 0.327 e. The van der Waals surface area contributed by atoms with Gasteiger partial charge in [0.15, 0.2) is 0 Å². The van der Waals surface area contributed by atoms with Crippen LogP contribution in [0.1, 0.15) is 18.5 Å². The molecule has 94 valence electrons. The molecular formula is C10H13FNO4P. The molecule has 0 saturated heterocycles. The van der Waals surface area contributed by atoms with Crippen molar-refractivity contribution < 1.29 is 23.5 Å². The van der Waals surface area contributed by atoms with E-state index >= 15 is 0 Å². The molecule has 1 atom stereocenters. The molecule has 0 aliphatic carbocycles. The molecule has 3 N–H and O–H groups in total. The molecule has 5 nitrogen and oxygen atoms in total. The quantitative estimate of drug-likeness (QED) is 0.710. The van der Waals surface area contributed by atoms with Crippen LogP contribution in [0.5, 0.6) is 0 Å². The van der Waals surface area contributed by atoms with Crippen LogP contribution < -0.4 is 5.32 Å². The Bertz CT molecular complexity index is 442. The Morgan fingerprint density at radius 1 is 1.41 bits per heavy atom. The van der Waals surface area contributed by atoms with Gasteiger partial charge in [-0.25, -0.2) is 4.39 Å². The number of nitrogens with one attached hydrogen (secondary N) is 1. The van der Waals surface area contributed by atoms with Crippen LogP contribution in [-0.4, -0.2) is 21.9 Å². The van der Waals surface area contributed by atoms with E-state index in [1.165, 1.54) is 31.2 Å². The van der Waals surface area contributed by atoms with E-state index in [-0.39, 0.29) is 0 Å². The van der Waals surface area contributed by atoms with Crippen LogP contribution in [0.3, 0.4) is 0 Å². The van der Waals surface area contributed by atoms with Crippen molar-refractivity contribution in [2.45, 2.75) is 13.0 Å². The van der Waals surface area contributed by atoms with Crippen molar-refractivity contribution >= 4 is 13.5 Å². The summed E-state index contributed by atoms with van der Waals surface area (Å²) in [7, 11) is -4.26. The SMILES string of the molecule is CC(=O)NC(CP(=O)(O)O)c1ccc(F)cc1. The largest absolute Gasteiger partial charge is 0.349 e. The van der Waals surface area contributed by atoms with E-state index in [1.54, 1.807) is 0 Å². The van der Waals surface area contributed by atoms with Crippen molar-refractivity contribution in [1.29, 1.82) is 0 Å². The van der Waals surface area contributed by atoms with Gasteiger partial charge in [-0.05, 0) is 17.7 Å². The van der Waals surface area contributed by atoms with Gasteiger partial charge in [-0.1, -0.05) is 12.1 Å². The van der Waals surface area contributed by atoms with E-state index in [9.17, 15) is 13.8 Å². The molecular weight excluding hydrogens is 248 g/mol. The monoisotopic (exact) mass is 261 g/mol. The number of halogens is 1. The second-order valence-corrected chi connectivity index (χ2v) is 5.35. The van der Waals surface area contributed by atoms with Crippen molar-refractivity contribution in [3.63, 3.8) is 0 Å². The van der Waals surface area contributed by atoms with Gasteiger partial charge in [0.05, 0.1) is 12.2 Å². The van der Waals surface area contributed by atoms with E-state index in [4.69, 9.17) is 9.79 Å². The second kappa shape index (κ2) is 5.40. The first-order valence-electron chi connectivity index (χ1n) is 4.85. The number of hydrogen-bond acceptors (Lipinski definition) is 2. The predicted octanol–water partition coefficient (Wildman–Crippen LogP) is 1.18. The molecule has 17 heavy (non-hydrogen) atoms. The van der Waals surface area contributed by atoms with Crippen molar-refractivity contribution in [3.05, 3.63) is 35.6 Å². The zero-order valence-electron chi connectivity index (χ0n) is 9.13. The summed E-state index contributed by atoms with van der Waals surface area (Å²) in [6, 6.07) is 4.28. The first kappa shape index (κ1) is 13.8. The molecule has 0 radical (unpaired) electrons. The third kappa shape index (κ3) is 5.08. The molecule has 0 saturated carbocycles. The minimum absolute atomic E-state index is 0.409. The summed E-state index contributed by atoms with van der Waals surface area (Å²) in [4.78, 5) is 28.7. The average Bonchev–Trinajstić information content (AvgIpc) is 2.14. The molecule has 1 amide bonds. The summed E-state index contributed by atoms with van der Waals surface area (Å²) < 4.78 is 23.6. The molecule has 0 heterocycles. The molecule has 1 aromatic rings. The Hall–Kier alpha value is -1.23. The first-order chi connectivity index (χ1) is 7.78. The standard InChI is InChI=1S/C10H13FNO4P/c1-7(13)12-10(6-17(14,15)16)8-2-4-9(11)5-3-8/h2-5,10H,6H2,1H3,(H,12,13)(H2,14,15,16). The van der Waals surface area contributed by atoms with Crippen molar-refractivity contribution in [2.24, 2.45) is 0 Å². The van der Waals surface area contributed by atoms with Crippen LogP contribution >= 0.6 is 7.60 Å². The zero-order valence-corrected chi connectivity index (χ0v) is 10.0. The average molecular weight is 261 g/mol. The van der Waals surface area contributed by atoms with E-state index in [1.807, 2.05) is 0 Å². The Labute approximate surface area is 97.8 Å². The maximum Gasteiger partial charge on any atom is 0.327 e. The molecule has 1 rings (SSSR count). The number of hydrogen-bond donors (Lipinski definition) is 3. The van der Waals surface area contributed by atoms with Crippen molar-refractivity contribution in [1.82, 2.24) is 5.32 Å². The van der Waals surface area contributed by atoms with Gasteiger partial charge in [-0.2, -0.15) is 0 Å². The number of benzene rings is 1. The topological polar surface area (TPSA) is 86.6 Å². The summed E-state index contributed by atoms with van der Waals surface area (Å²) in [6.07, 6.45) is -0.516. The molecule has 7 heteroatoms. The summed E-state index contributed by atoms with van der Waals surface area (Å²) in [5.74, 6) is -0.862. The fourth-order valence-corrected chi connectivity index (χ4v) is 2.19. The first-order valence-corrected chi connectivity index (χ1v) is 6.65.